The van der Waals surface area contributed by atoms with E-state index >= 15 is 0 Å². The van der Waals surface area contributed by atoms with Gasteiger partial charge in [-0.1, -0.05) is 6.92 Å². The average molecular weight is 298 g/mol. The van der Waals surface area contributed by atoms with E-state index in [1.165, 1.54) is 0 Å². The molecule has 1 N–H and O–H groups in total. The van der Waals surface area contributed by atoms with Crippen molar-refractivity contribution >= 4 is 5.91 Å². The molecule has 22 heavy (non-hydrogen) atoms. The lowest BCUT2D eigenvalue weighted by molar-refractivity contribution is 0.0358. The van der Waals surface area contributed by atoms with Crippen LogP contribution < -0.4 is 0 Å². The van der Waals surface area contributed by atoms with Crippen molar-refractivity contribution in [1.29, 1.82) is 0 Å². The Morgan fingerprint density at radius 3 is 2.55 bits per heavy atom. The summed E-state index contributed by atoms with van der Waals surface area (Å²) in [5.41, 5.74) is 1.72. The summed E-state index contributed by atoms with van der Waals surface area (Å²) in [5.74, 6) is 0.367. The summed E-state index contributed by atoms with van der Waals surface area (Å²) < 4.78 is 2.01. The molecule has 116 valence electrons. The Balaban J connectivity index is 1.79. The number of carbonyl (C=O) groups excluding carboxylic acids is 1. The first-order chi connectivity index (χ1) is 10.7. The number of nitrogens with zero attached hydrogens (tertiary/aromatic N) is 2. The molecular weight excluding hydrogens is 276 g/mol. The highest BCUT2D eigenvalue weighted by atomic mass is 16.3. The van der Waals surface area contributed by atoms with Crippen molar-refractivity contribution in [1.82, 2.24) is 9.47 Å². The molecule has 1 aromatic heterocycles. The van der Waals surface area contributed by atoms with E-state index in [2.05, 4.69) is 6.92 Å². The second-order valence-electron chi connectivity index (χ2n) is 6.01. The monoisotopic (exact) mass is 298 g/mol. The lowest BCUT2D eigenvalue weighted by Crippen LogP contribution is -2.49. The Hall–Kier alpha value is -2.07. The summed E-state index contributed by atoms with van der Waals surface area (Å²) >= 11 is 0. The summed E-state index contributed by atoms with van der Waals surface area (Å²) in [5, 5.41) is 9.60. The van der Waals surface area contributed by atoms with Crippen molar-refractivity contribution in [2.75, 3.05) is 13.2 Å². The van der Waals surface area contributed by atoms with Gasteiger partial charge in [0.15, 0.2) is 0 Å². The largest absolute Gasteiger partial charge is 0.394 e. The van der Waals surface area contributed by atoms with Crippen LogP contribution in [0.15, 0.2) is 48.8 Å². The molecule has 0 saturated carbocycles. The molecule has 2 unspecified atom stereocenters. The van der Waals surface area contributed by atoms with E-state index in [9.17, 15) is 9.90 Å². The van der Waals surface area contributed by atoms with E-state index < -0.39 is 0 Å². The second kappa shape index (κ2) is 6.36. The predicted octanol–water partition coefficient (Wildman–Crippen LogP) is 2.71. The smallest absolute Gasteiger partial charge is 0.254 e. The van der Waals surface area contributed by atoms with E-state index in [4.69, 9.17) is 0 Å². The molecule has 1 saturated heterocycles. The quantitative estimate of drug-likeness (QED) is 0.947. The molecule has 0 bridgehead atoms. The lowest BCUT2D eigenvalue weighted by Gasteiger charge is -2.39. The minimum Gasteiger partial charge on any atom is -0.394 e. The van der Waals surface area contributed by atoms with E-state index in [-0.39, 0.29) is 18.6 Å². The Morgan fingerprint density at radius 1 is 1.23 bits per heavy atom. The highest BCUT2D eigenvalue weighted by molar-refractivity contribution is 5.94. The van der Waals surface area contributed by atoms with Crippen LogP contribution in [0.5, 0.6) is 0 Å². The Labute approximate surface area is 131 Å². The maximum Gasteiger partial charge on any atom is 0.254 e. The second-order valence-corrected chi connectivity index (χ2v) is 6.01. The van der Waals surface area contributed by atoms with Gasteiger partial charge in [-0.25, -0.2) is 0 Å². The molecule has 1 amide bonds. The minimum absolute atomic E-state index is 0.0182. The SMILES string of the molecule is CC1CCCN(C(=O)c2ccc(-n3cccc3)cc2)C1CO. The summed E-state index contributed by atoms with van der Waals surface area (Å²) in [4.78, 5) is 14.6. The molecule has 1 fully saturated rings. The van der Waals surface area contributed by atoms with Crippen LogP contribution in [0.2, 0.25) is 0 Å². The van der Waals surface area contributed by atoms with Gasteiger partial charge in [0.25, 0.3) is 5.91 Å². The van der Waals surface area contributed by atoms with Crippen molar-refractivity contribution in [2.45, 2.75) is 25.8 Å². The van der Waals surface area contributed by atoms with Crippen LogP contribution in [0.25, 0.3) is 5.69 Å². The molecule has 2 heterocycles. The third kappa shape index (κ3) is 2.79. The topological polar surface area (TPSA) is 45.5 Å². The standard InChI is InChI=1S/C18H22N2O2/c1-14-5-4-12-20(17(14)13-21)18(22)15-6-8-16(9-7-15)19-10-2-3-11-19/h2-3,6-11,14,17,21H,4-5,12-13H2,1H3. The van der Waals surface area contributed by atoms with E-state index in [1.54, 1.807) is 0 Å². The number of benzene rings is 1. The zero-order chi connectivity index (χ0) is 15.5. The Bertz CT molecular complexity index is 619. The maximum absolute atomic E-state index is 12.7. The summed E-state index contributed by atoms with van der Waals surface area (Å²) in [7, 11) is 0. The molecule has 0 spiro atoms. The molecule has 4 heteroatoms. The number of aliphatic hydroxyl groups excluding tert-OH is 1. The van der Waals surface area contributed by atoms with Gasteiger partial charge in [0.2, 0.25) is 0 Å². The normalized spacial score (nSPS) is 21.8. The molecule has 3 rings (SSSR count). The zero-order valence-electron chi connectivity index (χ0n) is 12.9. The van der Waals surface area contributed by atoms with Crippen LogP contribution in [-0.4, -0.2) is 39.7 Å². The van der Waals surface area contributed by atoms with Crippen LogP contribution >= 0.6 is 0 Å². The highest BCUT2D eigenvalue weighted by Gasteiger charge is 2.31. The van der Waals surface area contributed by atoms with Gasteiger partial charge in [-0.3, -0.25) is 4.79 Å². The number of hydrogen-bond donors (Lipinski definition) is 1. The zero-order valence-corrected chi connectivity index (χ0v) is 12.9. The summed E-state index contributed by atoms with van der Waals surface area (Å²) in [6.45, 7) is 2.87. The summed E-state index contributed by atoms with van der Waals surface area (Å²) in [6, 6.07) is 11.5. The van der Waals surface area contributed by atoms with Crippen molar-refractivity contribution in [3.8, 4) is 5.69 Å². The minimum atomic E-state index is -0.0645. The molecule has 1 aliphatic heterocycles. The maximum atomic E-state index is 12.7. The number of hydrogen-bond acceptors (Lipinski definition) is 2. The van der Waals surface area contributed by atoms with E-state index in [0.717, 1.165) is 25.1 Å². The number of amides is 1. The third-order valence-electron chi connectivity index (χ3n) is 4.58. The fourth-order valence-corrected chi connectivity index (χ4v) is 3.23. The fraction of sp³-hybridized carbons (Fsp3) is 0.389. The Morgan fingerprint density at radius 2 is 1.91 bits per heavy atom. The number of rotatable bonds is 3. The van der Waals surface area contributed by atoms with Crippen molar-refractivity contribution in [2.24, 2.45) is 5.92 Å². The van der Waals surface area contributed by atoms with Crippen molar-refractivity contribution in [3.05, 3.63) is 54.4 Å². The first kappa shape index (κ1) is 14.9. The van der Waals surface area contributed by atoms with Gasteiger partial charge < -0.3 is 14.6 Å². The third-order valence-corrected chi connectivity index (χ3v) is 4.58. The molecule has 2 aromatic rings. The molecule has 0 aliphatic carbocycles. The van der Waals surface area contributed by atoms with Gasteiger partial charge in [0, 0.05) is 30.2 Å². The molecule has 2 atom stereocenters. The average Bonchev–Trinajstić information content (AvgIpc) is 3.08. The highest BCUT2D eigenvalue weighted by Crippen LogP contribution is 2.25. The fourth-order valence-electron chi connectivity index (χ4n) is 3.23. The first-order valence-electron chi connectivity index (χ1n) is 7.86. The van der Waals surface area contributed by atoms with Gasteiger partial charge in [0.1, 0.15) is 0 Å². The summed E-state index contributed by atoms with van der Waals surface area (Å²) in [6.07, 6.45) is 6.03. The van der Waals surface area contributed by atoms with Crippen LogP contribution in [0.4, 0.5) is 0 Å². The molecule has 0 radical (unpaired) electrons. The number of piperidine rings is 1. The van der Waals surface area contributed by atoms with Gasteiger partial charge >= 0.3 is 0 Å². The first-order valence-corrected chi connectivity index (χ1v) is 7.86. The van der Waals surface area contributed by atoms with Crippen molar-refractivity contribution < 1.29 is 9.90 Å². The number of likely N-dealkylation sites (tertiary alicyclic amines) is 1. The Kier molecular flexibility index (Phi) is 4.29. The molecule has 1 aromatic carbocycles. The molecule has 4 nitrogen and oxygen atoms in total. The van der Waals surface area contributed by atoms with Gasteiger partial charge in [-0.05, 0) is 55.2 Å². The van der Waals surface area contributed by atoms with Gasteiger partial charge in [-0.15, -0.1) is 0 Å². The molecular formula is C18H22N2O2. The number of carbonyl (C=O) groups is 1. The van der Waals surface area contributed by atoms with Crippen LogP contribution in [-0.2, 0) is 0 Å². The van der Waals surface area contributed by atoms with Gasteiger partial charge in [0.05, 0.1) is 12.6 Å². The number of aliphatic hydroxyl groups is 1. The van der Waals surface area contributed by atoms with Crippen molar-refractivity contribution in [3.63, 3.8) is 0 Å². The lowest BCUT2D eigenvalue weighted by atomic mass is 9.90. The van der Waals surface area contributed by atoms with E-state index in [1.807, 2.05) is 58.3 Å². The van der Waals surface area contributed by atoms with E-state index in [0.29, 0.717) is 11.5 Å². The van der Waals surface area contributed by atoms with Gasteiger partial charge in [-0.2, -0.15) is 0 Å². The molecule has 1 aliphatic rings. The van der Waals surface area contributed by atoms with Crippen LogP contribution in [0, 0.1) is 5.92 Å². The van der Waals surface area contributed by atoms with Crippen LogP contribution in [0.3, 0.4) is 0 Å². The van der Waals surface area contributed by atoms with Crippen LogP contribution in [0.1, 0.15) is 30.1 Å². The number of aromatic nitrogens is 1. The predicted molar refractivity (Wildman–Crippen MR) is 86.1 cm³/mol.